The van der Waals surface area contributed by atoms with Crippen LogP contribution in [0.2, 0.25) is 5.02 Å². The lowest BCUT2D eigenvalue weighted by Gasteiger charge is -2.11. The van der Waals surface area contributed by atoms with Crippen LogP contribution in [0.1, 0.15) is 10.4 Å². The van der Waals surface area contributed by atoms with Gasteiger partial charge in [-0.2, -0.15) is 5.26 Å². The van der Waals surface area contributed by atoms with Gasteiger partial charge in [0.15, 0.2) is 6.61 Å². The summed E-state index contributed by atoms with van der Waals surface area (Å²) in [6.07, 6.45) is 0. The average molecular weight is 366 g/mol. The smallest absolute Gasteiger partial charge is 0.255 e. The molecule has 2 aromatic rings. The average Bonchev–Trinajstić information content (AvgIpc) is 2.45. The highest BCUT2D eigenvalue weighted by Crippen LogP contribution is 2.25. The molecule has 0 unspecified atom stereocenters. The summed E-state index contributed by atoms with van der Waals surface area (Å²) in [6, 6.07) is 13.7. The van der Waals surface area contributed by atoms with E-state index in [1.807, 2.05) is 6.07 Å². The predicted octanol–water partition coefficient (Wildman–Crippen LogP) is 4.26. The van der Waals surface area contributed by atoms with E-state index in [0.717, 1.165) is 0 Å². The Morgan fingerprint density at radius 3 is 2.81 bits per heavy atom. The van der Waals surface area contributed by atoms with Gasteiger partial charge in [0.1, 0.15) is 11.8 Å². The van der Waals surface area contributed by atoms with E-state index in [1.54, 1.807) is 42.5 Å². The largest absolute Gasteiger partial charge is 0.477 e. The second kappa shape index (κ2) is 7.11. The van der Waals surface area contributed by atoms with Gasteiger partial charge in [-0.3, -0.25) is 4.79 Å². The first-order valence-electron chi connectivity index (χ1n) is 5.96. The molecular weight excluding hydrogens is 356 g/mol. The Labute approximate surface area is 135 Å². The number of halogens is 2. The Hall–Kier alpha value is -2.03. The van der Waals surface area contributed by atoms with Crippen LogP contribution in [0.25, 0.3) is 0 Å². The number of nitriles is 1. The van der Waals surface area contributed by atoms with E-state index in [2.05, 4.69) is 21.2 Å². The monoisotopic (exact) mass is 364 g/mol. The highest BCUT2D eigenvalue weighted by atomic mass is 79.9. The van der Waals surface area contributed by atoms with Crippen LogP contribution >= 0.6 is 27.5 Å². The molecule has 4 nitrogen and oxygen atoms in total. The molecule has 0 atom stereocenters. The Bertz CT molecular complexity index is 693. The minimum Gasteiger partial charge on any atom is -0.477 e. The molecule has 0 heterocycles. The van der Waals surface area contributed by atoms with E-state index >= 15 is 0 Å². The van der Waals surface area contributed by atoms with Gasteiger partial charge >= 0.3 is 0 Å². The van der Waals surface area contributed by atoms with Gasteiger partial charge in [-0.1, -0.05) is 39.7 Å². The molecule has 6 heteroatoms. The molecule has 0 aromatic heterocycles. The van der Waals surface area contributed by atoms with Crippen molar-refractivity contribution < 1.29 is 9.53 Å². The van der Waals surface area contributed by atoms with Crippen molar-refractivity contribution >= 4 is 39.1 Å². The number of para-hydroxylation sites is 2. The van der Waals surface area contributed by atoms with Crippen LogP contribution in [-0.4, -0.2) is 12.5 Å². The number of nitrogens with zero attached hydrogens (tertiary/aromatic N) is 1. The minimum atomic E-state index is -0.314. The maximum atomic E-state index is 12.2. The van der Waals surface area contributed by atoms with E-state index in [9.17, 15) is 4.79 Å². The fraction of sp³-hybridized carbons (Fsp3) is 0.0667. The number of benzene rings is 2. The minimum absolute atomic E-state index is 0.0877. The van der Waals surface area contributed by atoms with Gasteiger partial charge in [-0.15, -0.1) is 0 Å². The fourth-order valence-electron chi connectivity index (χ4n) is 1.69. The van der Waals surface area contributed by atoms with Crippen molar-refractivity contribution in [2.75, 3.05) is 11.9 Å². The number of ether oxygens (including phenoxy) is 1. The summed E-state index contributed by atoms with van der Waals surface area (Å²) in [5.74, 6) is 0.125. The maximum Gasteiger partial charge on any atom is 0.255 e. The van der Waals surface area contributed by atoms with Gasteiger partial charge in [0.2, 0.25) is 0 Å². The van der Waals surface area contributed by atoms with E-state index in [4.69, 9.17) is 21.6 Å². The highest BCUT2D eigenvalue weighted by molar-refractivity contribution is 9.10. The molecule has 2 rings (SSSR count). The predicted molar refractivity (Wildman–Crippen MR) is 84.7 cm³/mol. The topological polar surface area (TPSA) is 62.1 Å². The van der Waals surface area contributed by atoms with E-state index in [-0.39, 0.29) is 12.5 Å². The van der Waals surface area contributed by atoms with Crippen LogP contribution in [0.3, 0.4) is 0 Å². The van der Waals surface area contributed by atoms with Gasteiger partial charge in [-0.05, 0) is 30.3 Å². The lowest BCUT2D eigenvalue weighted by atomic mass is 10.2. The lowest BCUT2D eigenvalue weighted by molar-refractivity contribution is 0.102. The van der Waals surface area contributed by atoms with Gasteiger partial charge in [0, 0.05) is 15.1 Å². The first-order chi connectivity index (χ1) is 10.1. The van der Waals surface area contributed by atoms with Crippen molar-refractivity contribution in [3.63, 3.8) is 0 Å². The number of anilines is 1. The molecule has 0 spiro atoms. The third-order valence-electron chi connectivity index (χ3n) is 2.55. The number of carbonyl (C=O) groups excluding carboxylic acids is 1. The third kappa shape index (κ3) is 4.22. The summed E-state index contributed by atoms with van der Waals surface area (Å²) < 4.78 is 5.98. The quantitative estimate of drug-likeness (QED) is 0.880. The van der Waals surface area contributed by atoms with E-state index in [1.165, 1.54) is 0 Å². The van der Waals surface area contributed by atoms with Gasteiger partial charge in [0.05, 0.1) is 5.69 Å². The zero-order valence-corrected chi connectivity index (χ0v) is 13.1. The van der Waals surface area contributed by atoms with Crippen molar-refractivity contribution in [3.8, 4) is 11.8 Å². The number of hydrogen-bond donors (Lipinski definition) is 1. The number of carbonyl (C=O) groups is 1. The van der Waals surface area contributed by atoms with Gasteiger partial charge < -0.3 is 10.1 Å². The summed E-state index contributed by atoms with van der Waals surface area (Å²) in [5, 5.41) is 11.8. The molecule has 0 aliphatic rings. The Kier molecular flexibility index (Phi) is 5.20. The number of rotatable bonds is 4. The van der Waals surface area contributed by atoms with Crippen molar-refractivity contribution in [1.29, 1.82) is 5.26 Å². The molecule has 1 amide bonds. The first-order valence-corrected chi connectivity index (χ1v) is 7.13. The normalized spacial score (nSPS) is 9.76. The molecule has 21 heavy (non-hydrogen) atoms. The molecule has 0 saturated heterocycles. The first kappa shape index (κ1) is 15.4. The maximum absolute atomic E-state index is 12.2. The van der Waals surface area contributed by atoms with Crippen LogP contribution in [0, 0.1) is 11.3 Å². The van der Waals surface area contributed by atoms with Crippen molar-refractivity contribution in [2.24, 2.45) is 0 Å². The van der Waals surface area contributed by atoms with E-state index in [0.29, 0.717) is 26.5 Å². The number of amides is 1. The molecule has 0 fully saturated rings. The van der Waals surface area contributed by atoms with Crippen molar-refractivity contribution in [3.05, 3.63) is 57.5 Å². The van der Waals surface area contributed by atoms with Crippen LogP contribution in [0.15, 0.2) is 46.9 Å². The van der Waals surface area contributed by atoms with Crippen LogP contribution in [0.5, 0.6) is 5.75 Å². The van der Waals surface area contributed by atoms with Crippen LogP contribution in [0.4, 0.5) is 5.69 Å². The summed E-state index contributed by atoms with van der Waals surface area (Å²) in [5.41, 5.74) is 0.915. The SMILES string of the molecule is N#CCOc1ccccc1NC(=O)c1cc(Cl)cc(Br)c1. The molecule has 0 radical (unpaired) electrons. The van der Waals surface area contributed by atoms with Crippen molar-refractivity contribution in [2.45, 2.75) is 0 Å². The molecule has 1 N–H and O–H groups in total. The summed E-state index contributed by atoms with van der Waals surface area (Å²) in [4.78, 5) is 12.2. The van der Waals surface area contributed by atoms with Gasteiger partial charge in [-0.25, -0.2) is 0 Å². The standard InChI is InChI=1S/C15H10BrClN2O2/c16-11-7-10(8-12(17)9-11)15(20)19-13-3-1-2-4-14(13)21-6-5-18/h1-4,7-9H,6H2,(H,19,20). The third-order valence-corrected chi connectivity index (χ3v) is 3.23. The lowest BCUT2D eigenvalue weighted by Crippen LogP contribution is -2.13. The molecule has 0 saturated carbocycles. The highest BCUT2D eigenvalue weighted by Gasteiger charge is 2.11. The Morgan fingerprint density at radius 2 is 2.10 bits per heavy atom. The number of nitrogens with one attached hydrogen (secondary N) is 1. The molecule has 2 aromatic carbocycles. The second-order valence-electron chi connectivity index (χ2n) is 4.06. The van der Waals surface area contributed by atoms with E-state index < -0.39 is 0 Å². The molecule has 106 valence electrons. The molecule has 0 aliphatic carbocycles. The molecular formula is C15H10BrClN2O2. The van der Waals surface area contributed by atoms with Crippen molar-refractivity contribution in [1.82, 2.24) is 0 Å². The van der Waals surface area contributed by atoms with Gasteiger partial charge in [0.25, 0.3) is 5.91 Å². The molecule has 0 bridgehead atoms. The fourth-order valence-corrected chi connectivity index (χ4v) is 2.55. The summed E-state index contributed by atoms with van der Waals surface area (Å²) in [6.45, 7) is -0.0877. The number of hydrogen-bond acceptors (Lipinski definition) is 3. The zero-order valence-electron chi connectivity index (χ0n) is 10.8. The van der Waals surface area contributed by atoms with Crippen LogP contribution < -0.4 is 10.1 Å². The Morgan fingerprint density at radius 1 is 1.33 bits per heavy atom. The summed E-state index contributed by atoms with van der Waals surface area (Å²) in [7, 11) is 0. The van der Waals surface area contributed by atoms with Crippen LogP contribution in [-0.2, 0) is 0 Å². The second-order valence-corrected chi connectivity index (χ2v) is 5.41. The Balaban J connectivity index is 2.21. The zero-order chi connectivity index (χ0) is 15.2. The molecule has 0 aliphatic heterocycles. The summed E-state index contributed by atoms with van der Waals surface area (Å²) >= 11 is 9.22.